The van der Waals surface area contributed by atoms with Crippen molar-refractivity contribution in [1.82, 2.24) is 4.31 Å². The van der Waals surface area contributed by atoms with Crippen LogP contribution < -0.4 is 0 Å². The predicted octanol–water partition coefficient (Wildman–Crippen LogP) is 8.03. The van der Waals surface area contributed by atoms with Gasteiger partial charge in [0.2, 0.25) is 10.0 Å². The molecule has 10 heteroatoms. The summed E-state index contributed by atoms with van der Waals surface area (Å²) >= 11 is 24.0. The minimum absolute atomic E-state index is 0.00438. The Bertz CT molecular complexity index is 1430. The van der Waals surface area contributed by atoms with E-state index >= 15 is 0 Å². The maximum absolute atomic E-state index is 13.5. The van der Waals surface area contributed by atoms with Crippen LogP contribution in [0.5, 0.6) is 0 Å². The number of rotatable bonds is 8. The van der Waals surface area contributed by atoms with Gasteiger partial charge >= 0.3 is 0 Å². The van der Waals surface area contributed by atoms with Crippen molar-refractivity contribution >= 4 is 68.3 Å². The third-order valence-corrected chi connectivity index (χ3v) is 7.67. The van der Waals surface area contributed by atoms with Gasteiger partial charge in [-0.1, -0.05) is 58.5 Å². The lowest BCUT2D eigenvalue weighted by Gasteiger charge is -2.21. The molecule has 0 N–H and O–H groups in total. The number of hydrogen-bond donors (Lipinski definition) is 0. The Morgan fingerprint density at radius 2 is 1.34 bits per heavy atom. The molecule has 0 fully saturated rings. The molecule has 0 amide bonds. The molecular formula is C25H18Cl4N2O3S. The number of aliphatic imine (C=N–C) groups is 1. The lowest BCUT2D eigenvalue weighted by molar-refractivity contribution is 0.357. The van der Waals surface area contributed by atoms with E-state index in [-0.39, 0.29) is 18.0 Å². The van der Waals surface area contributed by atoms with Crippen LogP contribution in [0.3, 0.4) is 0 Å². The minimum Gasteiger partial charge on any atom is -0.459 e. The standard InChI is InChI=1S/C25H18Cl4N2O3S/c26-18-3-1-17(2-4-18)15-31(35(32,33)25-9-5-19(27)6-10-25)16-24-8-7-23(34-24)14-30-22-12-20(28)11-21(29)13-22/h1-14H,15-16H2. The van der Waals surface area contributed by atoms with Crippen molar-refractivity contribution in [2.75, 3.05) is 0 Å². The van der Waals surface area contributed by atoms with Gasteiger partial charge in [0.15, 0.2) is 0 Å². The Morgan fingerprint density at radius 1 is 0.743 bits per heavy atom. The molecule has 0 aliphatic heterocycles. The molecule has 1 heterocycles. The van der Waals surface area contributed by atoms with Crippen LogP contribution in [0, 0.1) is 0 Å². The summed E-state index contributed by atoms with van der Waals surface area (Å²) in [6.07, 6.45) is 1.52. The van der Waals surface area contributed by atoms with E-state index in [9.17, 15) is 8.42 Å². The Kier molecular flexibility index (Phi) is 8.22. The molecule has 4 rings (SSSR count). The summed E-state index contributed by atoms with van der Waals surface area (Å²) in [7, 11) is -3.86. The molecule has 0 aliphatic rings. The summed E-state index contributed by atoms with van der Waals surface area (Å²) < 4.78 is 34.1. The number of halogens is 4. The summed E-state index contributed by atoms with van der Waals surface area (Å²) in [5.74, 6) is 0.897. The number of sulfonamides is 1. The smallest absolute Gasteiger partial charge is 0.243 e. The lowest BCUT2D eigenvalue weighted by Crippen LogP contribution is -2.30. The van der Waals surface area contributed by atoms with Crippen LogP contribution in [0.4, 0.5) is 5.69 Å². The fourth-order valence-corrected chi connectivity index (χ4v) is 5.41. The van der Waals surface area contributed by atoms with Gasteiger partial charge in [0.1, 0.15) is 11.5 Å². The molecular weight excluding hydrogens is 550 g/mol. The van der Waals surface area contributed by atoms with E-state index in [4.69, 9.17) is 50.8 Å². The van der Waals surface area contributed by atoms with Crippen molar-refractivity contribution in [3.05, 3.63) is 116 Å². The van der Waals surface area contributed by atoms with Crippen LogP contribution in [0.15, 0.2) is 93.2 Å². The van der Waals surface area contributed by atoms with Crippen LogP contribution in [-0.4, -0.2) is 18.9 Å². The zero-order chi connectivity index (χ0) is 25.0. The average molecular weight is 568 g/mol. The van der Waals surface area contributed by atoms with Gasteiger partial charge in [-0.3, -0.25) is 4.99 Å². The third-order valence-electron chi connectivity index (χ3n) is 4.93. The molecule has 3 aromatic carbocycles. The van der Waals surface area contributed by atoms with Gasteiger partial charge in [-0.05, 0) is 72.3 Å². The van der Waals surface area contributed by atoms with Crippen molar-refractivity contribution in [1.29, 1.82) is 0 Å². The van der Waals surface area contributed by atoms with Crippen molar-refractivity contribution in [2.45, 2.75) is 18.0 Å². The maximum atomic E-state index is 13.5. The predicted molar refractivity (Wildman–Crippen MR) is 142 cm³/mol. The van der Waals surface area contributed by atoms with E-state index in [2.05, 4.69) is 4.99 Å². The second-order valence-electron chi connectivity index (χ2n) is 7.54. The summed E-state index contributed by atoms with van der Waals surface area (Å²) in [5, 5.41) is 1.95. The third kappa shape index (κ3) is 6.88. The van der Waals surface area contributed by atoms with Crippen molar-refractivity contribution < 1.29 is 12.8 Å². The van der Waals surface area contributed by atoms with Gasteiger partial charge in [-0.2, -0.15) is 4.31 Å². The zero-order valence-corrected chi connectivity index (χ0v) is 21.9. The molecule has 0 unspecified atom stereocenters. The number of nitrogens with zero attached hydrogens (tertiary/aromatic N) is 2. The highest BCUT2D eigenvalue weighted by Crippen LogP contribution is 2.26. The topological polar surface area (TPSA) is 62.9 Å². The first-order valence-corrected chi connectivity index (χ1v) is 13.2. The number of furan rings is 1. The second kappa shape index (κ2) is 11.2. The van der Waals surface area contributed by atoms with Crippen LogP contribution in [0.1, 0.15) is 17.1 Å². The Hall–Kier alpha value is -2.32. The molecule has 0 radical (unpaired) electrons. The number of hydrogen-bond acceptors (Lipinski definition) is 4. The van der Waals surface area contributed by atoms with Gasteiger partial charge in [-0.25, -0.2) is 8.42 Å². The largest absolute Gasteiger partial charge is 0.459 e. The minimum atomic E-state index is -3.86. The summed E-state index contributed by atoms with van der Waals surface area (Å²) in [4.78, 5) is 4.45. The Labute approximate surface area is 223 Å². The van der Waals surface area contributed by atoms with Crippen LogP contribution in [0.25, 0.3) is 0 Å². The van der Waals surface area contributed by atoms with E-state index < -0.39 is 10.0 Å². The van der Waals surface area contributed by atoms with Gasteiger partial charge in [0.05, 0.1) is 23.3 Å². The van der Waals surface area contributed by atoms with Gasteiger partial charge in [-0.15, -0.1) is 0 Å². The van der Waals surface area contributed by atoms with Crippen LogP contribution >= 0.6 is 46.4 Å². The van der Waals surface area contributed by atoms with E-state index in [0.29, 0.717) is 37.3 Å². The normalized spacial score (nSPS) is 12.0. The molecule has 4 aromatic rings. The first-order valence-electron chi connectivity index (χ1n) is 10.3. The second-order valence-corrected chi connectivity index (χ2v) is 11.2. The zero-order valence-electron chi connectivity index (χ0n) is 18.0. The van der Waals surface area contributed by atoms with Gasteiger partial charge in [0, 0.05) is 26.6 Å². The molecule has 0 spiro atoms. The fraction of sp³-hybridized carbons (Fsp3) is 0.0800. The van der Waals surface area contributed by atoms with E-state index in [0.717, 1.165) is 5.56 Å². The molecule has 0 bridgehead atoms. The van der Waals surface area contributed by atoms with Gasteiger partial charge in [0.25, 0.3) is 0 Å². The van der Waals surface area contributed by atoms with Crippen LogP contribution in [0.2, 0.25) is 20.1 Å². The molecule has 0 atom stereocenters. The molecule has 1 aromatic heterocycles. The highest BCUT2D eigenvalue weighted by Gasteiger charge is 2.26. The molecule has 0 aliphatic carbocycles. The molecule has 5 nitrogen and oxygen atoms in total. The summed E-state index contributed by atoms with van der Waals surface area (Å²) in [5.41, 5.74) is 1.34. The van der Waals surface area contributed by atoms with Crippen molar-refractivity contribution in [2.24, 2.45) is 4.99 Å². The van der Waals surface area contributed by atoms with E-state index in [1.165, 1.54) is 22.7 Å². The van der Waals surface area contributed by atoms with Crippen molar-refractivity contribution in [3.63, 3.8) is 0 Å². The molecule has 0 saturated heterocycles. The first kappa shape index (κ1) is 25.8. The maximum Gasteiger partial charge on any atom is 0.243 e. The lowest BCUT2D eigenvalue weighted by atomic mass is 10.2. The van der Waals surface area contributed by atoms with Crippen LogP contribution in [-0.2, 0) is 23.1 Å². The molecule has 180 valence electrons. The quantitative estimate of drug-likeness (QED) is 0.202. The first-order chi connectivity index (χ1) is 16.7. The summed E-state index contributed by atoms with van der Waals surface area (Å²) in [6, 6.07) is 21.4. The SMILES string of the molecule is O=S(=O)(c1ccc(Cl)cc1)N(Cc1ccc(Cl)cc1)Cc1ccc(C=Nc2cc(Cl)cc(Cl)c2)o1. The fourth-order valence-electron chi connectivity index (χ4n) is 3.25. The van der Waals surface area contributed by atoms with Gasteiger partial charge < -0.3 is 4.42 Å². The molecule has 0 saturated carbocycles. The highest BCUT2D eigenvalue weighted by atomic mass is 35.5. The van der Waals surface area contributed by atoms with E-state index in [1.54, 1.807) is 66.7 Å². The average Bonchev–Trinajstić information content (AvgIpc) is 3.26. The Morgan fingerprint density at radius 3 is 1.97 bits per heavy atom. The highest BCUT2D eigenvalue weighted by molar-refractivity contribution is 7.89. The monoisotopic (exact) mass is 566 g/mol. The summed E-state index contributed by atoms with van der Waals surface area (Å²) in [6.45, 7) is 0.123. The van der Waals surface area contributed by atoms with E-state index in [1.807, 2.05) is 0 Å². The Balaban J connectivity index is 1.59. The number of benzene rings is 3. The molecule has 35 heavy (non-hydrogen) atoms. The van der Waals surface area contributed by atoms with Crippen molar-refractivity contribution in [3.8, 4) is 0 Å².